The summed E-state index contributed by atoms with van der Waals surface area (Å²) in [7, 11) is 0. The van der Waals surface area contributed by atoms with Crippen LogP contribution in [0.2, 0.25) is 0 Å². The van der Waals surface area contributed by atoms with Crippen LogP contribution < -0.4 is 5.32 Å². The third-order valence-corrected chi connectivity index (χ3v) is 1.99. The Kier molecular flexibility index (Phi) is 6.67. The minimum Gasteiger partial charge on any atom is -0.480 e. The summed E-state index contributed by atoms with van der Waals surface area (Å²) in [4.78, 5) is 23.8. The van der Waals surface area contributed by atoms with Gasteiger partial charge in [0, 0.05) is 13.1 Å². The molecule has 0 aliphatic rings. The highest BCUT2D eigenvalue weighted by Gasteiger charge is 2.20. The van der Waals surface area contributed by atoms with Crippen molar-refractivity contribution in [1.82, 2.24) is 10.2 Å². The zero-order valence-corrected chi connectivity index (χ0v) is 9.48. The predicted molar refractivity (Wildman–Crippen MR) is 62.2 cm³/mol. The molecule has 0 aromatic carbocycles. The molecule has 0 unspecified atom stereocenters. The van der Waals surface area contributed by atoms with E-state index >= 15 is 0 Å². The van der Waals surface area contributed by atoms with E-state index in [0.717, 1.165) is 0 Å². The van der Waals surface area contributed by atoms with E-state index < -0.39 is 18.0 Å². The van der Waals surface area contributed by atoms with Gasteiger partial charge in [-0.2, -0.15) is 0 Å². The van der Waals surface area contributed by atoms with Crippen LogP contribution in [0.5, 0.6) is 0 Å². The van der Waals surface area contributed by atoms with Crippen LogP contribution in [0.1, 0.15) is 13.3 Å². The number of nitrogens with zero attached hydrogens (tertiary/aromatic N) is 1. The number of rotatable bonds is 7. The van der Waals surface area contributed by atoms with Gasteiger partial charge in [-0.1, -0.05) is 19.1 Å². The van der Waals surface area contributed by atoms with Crippen LogP contribution in [-0.2, 0) is 4.79 Å². The highest BCUT2D eigenvalue weighted by atomic mass is 16.4. The Labute approximate surface area is 95.4 Å². The molecule has 5 nitrogen and oxygen atoms in total. The van der Waals surface area contributed by atoms with Crippen LogP contribution in [0.4, 0.5) is 4.79 Å². The molecule has 2 N–H and O–H groups in total. The lowest BCUT2D eigenvalue weighted by Crippen LogP contribution is -2.47. The van der Waals surface area contributed by atoms with Gasteiger partial charge in [-0.3, -0.25) is 0 Å². The molecular formula is C11H18N2O3. The molecule has 0 bridgehead atoms. The van der Waals surface area contributed by atoms with Crippen LogP contribution in [0, 0.1) is 0 Å². The molecule has 0 fully saturated rings. The van der Waals surface area contributed by atoms with Gasteiger partial charge < -0.3 is 15.3 Å². The number of hydrogen-bond acceptors (Lipinski definition) is 2. The van der Waals surface area contributed by atoms with Crippen molar-refractivity contribution in [2.75, 3.05) is 13.1 Å². The van der Waals surface area contributed by atoms with E-state index in [2.05, 4.69) is 18.5 Å². The van der Waals surface area contributed by atoms with Gasteiger partial charge in [-0.25, -0.2) is 9.59 Å². The summed E-state index contributed by atoms with van der Waals surface area (Å²) < 4.78 is 0. The molecule has 5 heteroatoms. The van der Waals surface area contributed by atoms with Gasteiger partial charge in [0.1, 0.15) is 6.04 Å². The van der Waals surface area contributed by atoms with Crippen LogP contribution >= 0.6 is 0 Å². The molecular weight excluding hydrogens is 208 g/mol. The number of urea groups is 1. The van der Waals surface area contributed by atoms with Crippen molar-refractivity contribution in [2.45, 2.75) is 19.4 Å². The fourth-order valence-electron chi connectivity index (χ4n) is 1.13. The van der Waals surface area contributed by atoms with Gasteiger partial charge in [-0.05, 0) is 6.42 Å². The molecule has 90 valence electrons. The number of carbonyl (C=O) groups excluding carboxylic acids is 1. The van der Waals surface area contributed by atoms with Crippen LogP contribution in [0.15, 0.2) is 25.3 Å². The van der Waals surface area contributed by atoms with Gasteiger partial charge in [0.05, 0.1) is 0 Å². The molecule has 0 aromatic heterocycles. The Bertz CT molecular complexity index is 266. The van der Waals surface area contributed by atoms with E-state index in [1.54, 1.807) is 19.1 Å². The van der Waals surface area contributed by atoms with Gasteiger partial charge in [0.2, 0.25) is 0 Å². The number of carbonyl (C=O) groups is 2. The third-order valence-electron chi connectivity index (χ3n) is 1.99. The van der Waals surface area contributed by atoms with Crippen molar-refractivity contribution in [2.24, 2.45) is 0 Å². The Morgan fingerprint density at radius 1 is 1.38 bits per heavy atom. The van der Waals surface area contributed by atoms with Crippen LogP contribution in [-0.4, -0.2) is 41.1 Å². The summed E-state index contributed by atoms with van der Waals surface area (Å²) in [5.74, 6) is -1.03. The van der Waals surface area contributed by atoms with E-state index in [9.17, 15) is 9.59 Å². The minimum absolute atomic E-state index is 0.344. The van der Waals surface area contributed by atoms with Crippen molar-refractivity contribution < 1.29 is 14.7 Å². The maximum absolute atomic E-state index is 11.7. The van der Waals surface area contributed by atoms with E-state index in [0.29, 0.717) is 19.5 Å². The lowest BCUT2D eigenvalue weighted by Gasteiger charge is -2.22. The first kappa shape index (κ1) is 14.2. The maximum Gasteiger partial charge on any atom is 0.326 e. The van der Waals surface area contributed by atoms with Crippen molar-refractivity contribution in [1.29, 1.82) is 0 Å². The smallest absolute Gasteiger partial charge is 0.326 e. The zero-order valence-electron chi connectivity index (χ0n) is 9.48. The van der Waals surface area contributed by atoms with E-state index in [4.69, 9.17) is 5.11 Å². The second kappa shape index (κ2) is 7.50. The summed E-state index contributed by atoms with van der Waals surface area (Å²) in [5, 5.41) is 11.2. The number of nitrogens with one attached hydrogen (secondary N) is 1. The first-order valence-electron chi connectivity index (χ1n) is 5.06. The number of carboxylic acid groups (broad SMARTS) is 1. The second-order valence-electron chi connectivity index (χ2n) is 3.23. The summed E-state index contributed by atoms with van der Waals surface area (Å²) >= 11 is 0. The summed E-state index contributed by atoms with van der Waals surface area (Å²) in [6.07, 6.45) is 3.49. The molecule has 0 rings (SSSR count). The Balaban J connectivity index is 4.42. The first-order valence-corrected chi connectivity index (χ1v) is 5.06. The number of hydrogen-bond donors (Lipinski definition) is 2. The number of aliphatic carboxylic acids is 1. The van der Waals surface area contributed by atoms with Gasteiger partial charge in [-0.15, -0.1) is 13.2 Å². The molecule has 0 saturated heterocycles. The Morgan fingerprint density at radius 3 is 2.19 bits per heavy atom. The van der Waals surface area contributed by atoms with Crippen molar-refractivity contribution >= 4 is 12.0 Å². The highest BCUT2D eigenvalue weighted by molar-refractivity contribution is 5.82. The molecule has 16 heavy (non-hydrogen) atoms. The maximum atomic E-state index is 11.7. The molecule has 0 aliphatic carbocycles. The number of carboxylic acids is 1. The van der Waals surface area contributed by atoms with Crippen molar-refractivity contribution in [3.05, 3.63) is 25.3 Å². The molecule has 0 aliphatic heterocycles. The number of amides is 2. The average Bonchev–Trinajstić information content (AvgIpc) is 2.24. The Hall–Kier alpha value is -1.78. The fourth-order valence-corrected chi connectivity index (χ4v) is 1.13. The molecule has 0 aromatic rings. The third kappa shape index (κ3) is 4.63. The minimum atomic E-state index is -1.03. The normalized spacial score (nSPS) is 11.3. The molecule has 0 heterocycles. The molecule has 2 amide bonds. The van der Waals surface area contributed by atoms with Crippen LogP contribution in [0.3, 0.4) is 0 Å². The SMILES string of the molecule is C=CCN(CC=C)C(=O)N[C@H](CC)C(=O)O. The van der Waals surface area contributed by atoms with Crippen LogP contribution in [0.25, 0.3) is 0 Å². The quantitative estimate of drug-likeness (QED) is 0.641. The standard InChI is InChI=1S/C11H18N2O3/c1-4-7-13(8-5-2)11(16)12-9(6-3)10(14)15/h4-5,9H,1-2,6-8H2,3H3,(H,12,16)(H,14,15)/t9-/m1/s1. The zero-order chi connectivity index (χ0) is 12.6. The first-order chi connectivity index (χ1) is 7.56. The lowest BCUT2D eigenvalue weighted by molar-refractivity contribution is -0.139. The van der Waals surface area contributed by atoms with Crippen molar-refractivity contribution in [3.8, 4) is 0 Å². The van der Waals surface area contributed by atoms with Gasteiger partial charge in [0.15, 0.2) is 0 Å². The second-order valence-corrected chi connectivity index (χ2v) is 3.23. The average molecular weight is 226 g/mol. The van der Waals surface area contributed by atoms with Crippen molar-refractivity contribution in [3.63, 3.8) is 0 Å². The summed E-state index contributed by atoms with van der Waals surface area (Å²) in [5.41, 5.74) is 0. The molecule has 0 saturated carbocycles. The Morgan fingerprint density at radius 2 is 1.88 bits per heavy atom. The molecule has 1 atom stereocenters. The molecule has 0 spiro atoms. The largest absolute Gasteiger partial charge is 0.480 e. The monoisotopic (exact) mass is 226 g/mol. The van der Waals surface area contributed by atoms with E-state index in [1.165, 1.54) is 4.90 Å². The highest BCUT2D eigenvalue weighted by Crippen LogP contribution is 1.96. The summed E-state index contributed by atoms with van der Waals surface area (Å²) in [6, 6.07) is -1.28. The fraction of sp³-hybridized carbons (Fsp3) is 0.455. The predicted octanol–water partition coefficient (Wildman–Crippen LogP) is 1.23. The van der Waals surface area contributed by atoms with Gasteiger partial charge >= 0.3 is 12.0 Å². The van der Waals surface area contributed by atoms with E-state index in [-0.39, 0.29) is 0 Å². The lowest BCUT2D eigenvalue weighted by atomic mass is 10.2. The molecule has 0 radical (unpaired) electrons. The summed E-state index contributed by atoms with van der Waals surface area (Å²) in [6.45, 7) is 9.46. The van der Waals surface area contributed by atoms with Gasteiger partial charge in [0.25, 0.3) is 0 Å². The topological polar surface area (TPSA) is 69.6 Å². The van der Waals surface area contributed by atoms with E-state index in [1.807, 2.05) is 0 Å².